The molecule has 4 saturated carbocycles. The third-order valence-corrected chi connectivity index (χ3v) is 9.87. The second-order valence-electron chi connectivity index (χ2n) is 11.1. The molecular formula is C29H35FN2O. The maximum absolute atomic E-state index is 13.8. The molecule has 0 radical (unpaired) electrons. The maximum atomic E-state index is 13.8. The van der Waals surface area contributed by atoms with Gasteiger partial charge in [-0.15, -0.1) is 0 Å². The van der Waals surface area contributed by atoms with Gasteiger partial charge < -0.3 is 9.80 Å². The quantitative estimate of drug-likeness (QED) is 0.619. The zero-order valence-corrected chi connectivity index (χ0v) is 19.6. The molecule has 0 unspecified atom stereocenters. The summed E-state index contributed by atoms with van der Waals surface area (Å²) in [5.74, 6) is 3.99. The first-order chi connectivity index (χ1) is 16.0. The van der Waals surface area contributed by atoms with E-state index in [1.165, 1.54) is 43.4 Å². The van der Waals surface area contributed by atoms with Crippen molar-refractivity contribution in [3.8, 4) is 0 Å². The van der Waals surface area contributed by atoms with Crippen LogP contribution in [0, 0.1) is 35.4 Å². The summed E-state index contributed by atoms with van der Waals surface area (Å²) in [5.41, 5.74) is 2.46. The van der Waals surface area contributed by atoms with Crippen LogP contribution in [-0.2, 0) is 10.2 Å². The molecule has 5 aliphatic rings. The van der Waals surface area contributed by atoms with Gasteiger partial charge in [-0.05, 0) is 85.1 Å². The van der Waals surface area contributed by atoms with Crippen LogP contribution < -0.4 is 4.90 Å². The molecule has 1 heterocycles. The third-order valence-electron chi connectivity index (χ3n) is 9.87. The first-order valence-electron chi connectivity index (χ1n) is 12.9. The van der Waals surface area contributed by atoms with Crippen LogP contribution in [0.25, 0.3) is 0 Å². The van der Waals surface area contributed by atoms with Gasteiger partial charge in [0.05, 0.1) is 0 Å². The minimum Gasteiger partial charge on any atom is -0.368 e. The minimum absolute atomic E-state index is 0.0135. The fourth-order valence-electron chi connectivity index (χ4n) is 8.10. The Morgan fingerprint density at radius 2 is 1.45 bits per heavy atom. The van der Waals surface area contributed by atoms with Gasteiger partial charge in [0.1, 0.15) is 5.82 Å². The van der Waals surface area contributed by atoms with Crippen LogP contribution in [0.4, 0.5) is 10.1 Å². The lowest BCUT2D eigenvalue weighted by atomic mass is 9.41. The second-order valence-corrected chi connectivity index (χ2v) is 11.1. The largest absolute Gasteiger partial charge is 0.368 e. The van der Waals surface area contributed by atoms with Crippen LogP contribution in [0.2, 0.25) is 0 Å². The number of carbonyl (C=O) groups excluding carboxylic acids is 1. The number of piperazine rings is 1. The van der Waals surface area contributed by atoms with E-state index >= 15 is 0 Å². The number of hydrogen-bond donors (Lipinski definition) is 0. The summed E-state index contributed by atoms with van der Waals surface area (Å²) >= 11 is 0. The first-order valence-corrected chi connectivity index (χ1v) is 12.9. The number of anilines is 1. The SMILES string of the molecule is CC1C2CC3CC1CC(C2)C3(CC(=O)N1CCN(c2ccc(F)cc2)CC1)c1ccccc1. The summed E-state index contributed by atoms with van der Waals surface area (Å²) in [6, 6.07) is 17.7. The molecule has 5 fully saturated rings. The average molecular weight is 447 g/mol. The molecule has 4 aliphatic carbocycles. The van der Waals surface area contributed by atoms with E-state index in [0.717, 1.165) is 49.6 Å². The van der Waals surface area contributed by atoms with Crippen molar-refractivity contribution in [3.05, 3.63) is 66.0 Å². The molecule has 1 saturated heterocycles. The van der Waals surface area contributed by atoms with E-state index in [9.17, 15) is 9.18 Å². The number of amides is 1. The molecule has 0 N–H and O–H groups in total. The van der Waals surface area contributed by atoms with Crippen LogP contribution in [0.15, 0.2) is 54.6 Å². The summed E-state index contributed by atoms with van der Waals surface area (Å²) in [4.78, 5) is 18.1. The molecule has 0 aromatic heterocycles. The van der Waals surface area contributed by atoms with Gasteiger partial charge in [0.25, 0.3) is 0 Å². The summed E-state index contributed by atoms with van der Waals surface area (Å²) in [7, 11) is 0. The van der Waals surface area contributed by atoms with Crippen molar-refractivity contribution >= 4 is 11.6 Å². The van der Waals surface area contributed by atoms with Crippen molar-refractivity contribution in [3.63, 3.8) is 0 Å². The van der Waals surface area contributed by atoms with Gasteiger partial charge in [0.15, 0.2) is 0 Å². The van der Waals surface area contributed by atoms with E-state index in [1.807, 2.05) is 12.1 Å². The number of rotatable bonds is 4. The number of benzene rings is 2. The van der Waals surface area contributed by atoms with Crippen LogP contribution in [0.5, 0.6) is 0 Å². The molecule has 174 valence electrons. The van der Waals surface area contributed by atoms with Crippen molar-refractivity contribution in [1.82, 2.24) is 4.90 Å². The monoisotopic (exact) mass is 446 g/mol. The summed E-state index contributed by atoms with van der Waals surface area (Å²) in [6.07, 6.45) is 5.86. The highest BCUT2D eigenvalue weighted by Crippen LogP contribution is 2.65. The summed E-state index contributed by atoms with van der Waals surface area (Å²) in [6.45, 7) is 5.59. The fraction of sp³-hybridized carbons (Fsp3) is 0.552. The Hall–Kier alpha value is -2.36. The maximum Gasteiger partial charge on any atom is 0.223 e. The Balaban J connectivity index is 1.21. The Morgan fingerprint density at radius 1 is 0.879 bits per heavy atom. The normalized spacial score (nSPS) is 35.2. The van der Waals surface area contributed by atoms with Gasteiger partial charge >= 0.3 is 0 Å². The van der Waals surface area contributed by atoms with Crippen molar-refractivity contribution in [1.29, 1.82) is 0 Å². The molecule has 2 aromatic carbocycles. The molecule has 4 bridgehead atoms. The molecule has 1 amide bonds. The van der Waals surface area contributed by atoms with E-state index in [1.54, 1.807) is 0 Å². The van der Waals surface area contributed by atoms with Crippen molar-refractivity contribution in [2.45, 2.75) is 44.4 Å². The number of nitrogens with zero attached hydrogens (tertiary/aromatic N) is 2. The Labute approximate surface area is 197 Å². The fourth-order valence-corrected chi connectivity index (χ4v) is 8.10. The smallest absolute Gasteiger partial charge is 0.223 e. The molecule has 0 spiro atoms. The van der Waals surface area contributed by atoms with Crippen LogP contribution in [0.3, 0.4) is 0 Å². The highest BCUT2D eigenvalue weighted by molar-refractivity contribution is 5.78. The van der Waals surface area contributed by atoms with Crippen molar-refractivity contribution in [2.75, 3.05) is 31.1 Å². The van der Waals surface area contributed by atoms with Gasteiger partial charge in [-0.1, -0.05) is 37.3 Å². The van der Waals surface area contributed by atoms with Gasteiger partial charge in [-0.25, -0.2) is 4.39 Å². The van der Waals surface area contributed by atoms with Crippen LogP contribution in [0.1, 0.15) is 44.6 Å². The van der Waals surface area contributed by atoms with Gasteiger partial charge in [-0.2, -0.15) is 0 Å². The van der Waals surface area contributed by atoms with E-state index in [0.29, 0.717) is 24.2 Å². The molecule has 0 atom stereocenters. The van der Waals surface area contributed by atoms with Crippen molar-refractivity contribution in [2.24, 2.45) is 29.6 Å². The summed E-state index contributed by atoms with van der Waals surface area (Å²) in [5, 5.41) is 0. The van der Waals surface area contributed by atoms with Gasteiger partial charge in [0.2, 0.25) is 5.91 Å². The summed E-state index contributed by atoms with van der Waals surface area (Å²) < 4.78 is 13.3. The number of carbonyl (C=O) groups is 1. The zero-order valence-electron chi connectivity index (χ0n) is 19.6. The average Bonchev–Trinajstić information content (AvgIpc) is 2.84. The van der Waals surface area contributed by atoms with Gasteiger partial charge in [0, 0.05) is 43.7 Å². The van der Waals surface area contributed by atoms with Crippen LogP contribution in [-0.4, -0.2) is 37.0 Å². The predicted molar refractivity (Wildman–Crippen MR) is 130 cm³/mol. The zero-order chi connectivity index (χ0) is 22.6. The first kappa shape index (κ1) is 21.2. The lowest BCUT2D eigenvalue weighted by Gasteiger charge is -2.64. The molecule has 1 aliphatic heterocycles. The second kappa shape index (κ2) is 8.14. The lowest BCUT2D eigenvalue weighted by Crippen LogP contribution is -2.60. The number of hydrogen-bond acceptors (Lipinski definition) is 2. The van der Waals surface area contributed by atoms with Crippen LogP contribution >= 0.6 is 0 Å². The Kier molecular flexibility index (Phi) is 5.23. The number of halogens is 1. The third kappa shape index (κ3) is 3.48. The highest BCUT2D eigenvalue weighted by atomic mass is 19.1. The van der Waals surface area contributed by atoms with E-state index in [4.69, 9.17) is 0 Å². The molecule has 7 rings (SSSR count). The van der Waals surface area contributed by atoms with E-state index in [-0.39, 0.29) is 11.2 Å². The minimum atomic E-state index is -0.205. The topological polar surface area (TPSA) is 23.6 Å². The highest BCUT2D eigenvalue weighted by Gasteiger charge is 2.60. The molecule has 3 nitrogen and oxygen atoms in total. The Morgan fingerprint density at radius 3 is 2.03 bits per heavy atom. The van der Waals surface area contributed by atoms with Gasteiger partial charge in [-0.3, -0.25) is 4.79 Å². The molecule has 33 heavy (non-hydrogen) atoms. The molecule has 2 aromatic rings. The standard InChI is InChI=1S/C29H35FN2O/c1-20-21-15-24-17-22(20)18-25(16-21)29(24,23-5-3-2-4-6-23)19-28(33)32-13-11-31(12-14-32)27-9-7-26(30)8-10-27/h2-10,20-22,24-25H,11-19H2,1H3. The molecular weight excluding hydrogens is 411 g/mol. The predicted octanol–water partition coefficient (Wildman–Crippen LogP) is 5.50. The van der Waals surface area contributed by atoms with E-state index in [2.05, 4.69) is 47.1 Å². The van der Waals surface area contributed by atoms with E-state index < -0.39 is 0 Å². The lowest BCUT2D eigenvalue weighted by molar-refractivity contribution is -0.142. The van der Waals surface area contributed by atoms with Crippen molar-refractivity contribution < 1.29 is 9.18 Å². The Bertz CT molecular complexity index is 966. The molecule has 4 heteroatoms.